The van der Waals surface area contributed by atoms with Gasteiger partial charge in [0.15, 0.2) is 0 Å². The maximum Gasteiger partial charge on any atom is 0.238 e. The Morgan fingerprint density at radius 3 is 2.53 bits per heavy atom. The summed E-state index contributed by atoms with van der Waals surface area (Å²) in [5.74, 6) is 0.821. The SMILES string of the molecule is COc1ccccc1CNC(=O)C1CCN(CC(=O)Nc2ccc(C)cc2C)CC1. The number of nitrogens with zero attached hydrogens (tertiary/aromatic N) is 1. The smallest absolute Gasteiger partial charge is 0.238 e. The lowest BCUT2D eigenvalue weighted by atomic mass is 9.95. The molecule has 2 aromatic carbocycles. The van der Waals surface area contributed by atoms with Crippen LogP contribution in [0.4, 0.5) is 5.69 Å². The minimum Gasteiger partial charge on any atom is -0.496 e. The molecule has 1 saturated heterocycles. The number of benzene rings is 2. The standard InChI is InChI=1S/C24H31N3O3/c1-17-8-9-21(18(2)14-17)26-23(28)16-27-12-10-19(11-13-27)24(29)25-15-20-6-4-5-7-22(20)30-3/h4-9,14,19H,10-13,15-16H2,1-3H3,(H,25,29)(H,26,28). The van der Waals surface area contributed by atoms with Crippen molar-refractivity contribution in [2.24, 2.45) is 5.92 Å². The normalized spacial score (nSPS) is 14.9. The highest BCUT2D eigenvalue weighted by atomic mass is 16.5. The van der Waals surface area contributed by atoms with Crippen molar-refractivity contribution in [3.63, 3.8) is 0 Å². The molecule has 0 saturated carbocycles. The number of carbonyl (C=O) groups is 2. The molecule has 0 aliphatic carbocycles. The summed E-state index contributed by atoms with van der Waals surface area (Å²) in [6.07, 6.45) is 1.52. The topological polar surface area (TPSA) is 70.7 Å². The van der Waals surface area contributed by atoms with Gasteiger partial charge in [0, 0.05) is 23.7 Å². The Bertz CT molecular complexity index is 889. The first-order chi connectivity index (χ1) is 14.5. The number of anilines is 1. The number of rotatable bonds is 7. The van der Waals surface area contributed by atoms with E-state index in [0.717, 1.165) is 48.5 Å². The molecule has 3 rings (SSSR count). The molecule has 0 unspecified atom stereocenters. The highest BCUT2D eigenvalue weighted by molar-refractivity contribution is 5.93. The summed E-state index contributed by atoms with van der Waals surface area (Å²) < 4.78 is 5.33. The van der Waals surface area contributed by atoms with Crippen LogP contribution in [-0.4, -0.2) is 43.5 Å². The first-order valence-corrected chi connectivity index (χ1v) is 10.5. The Labute approximate surface area is 178 Å². The van der Waals surface area contributed by atoms with Crippen molar-refractivity contribution in [3.8, 4) is 5.75 Å². The van der Waals surface area contributed by atoms with Gasteiger partial charge < -0.3 is 15.4 Å². The van der Waals surface area contributed by atoms with Gasteiger partial charge in [-0.05, 0) is 57.5 Å². The summed E-state index contributed by atoms with van der Waals surface area (Å²) in [7, 11) is 1.63. The Balaban J connectivity index is 1.42. The van der Waals surface area contributed by atoms with Crippen molar-refractivity contribution >= 4 is 17.5 Å². The van der Waals surface area contributed by atoms with Gasteiger partial charge in [0.25, 0.3) is 0 Å². The second-order valence-corrected chi connectivity index (χ2v) is 7.95. The molecule has 160 valence electrons. The van der Waals surface area contributed by atoms with Crippen LogP contribution < -0.4 is 15.4 Å². The molecule has 0 bridgehead atoms. The molecule has 0 atom stereocenters. The number of ether oxygens (including phenoxy) is 1. The molecule has 6 nitrogen and oxygen atoms in total. The van der Waals surface area contributed by atoms with E-state index in [0.29, 0.717) is 13.1 Å². The molecule has 30 heavy (non-hydrogen) atoms. The highest BCUT2D eigenvalue weighted by Crippen LogP contribution is 2.20. The second kappa shape index (κ2) is 10.3. The third-order valence-corrected chi connectivity index (χ3v) is 5.63. The molecular formula is C24H31N3O3. The molecular weight excluding hydrogens is 378 g/mol. The van der Waals surface area contributed by atoms with Crippen LogP contribution in [0.1, 0.15) is 29.5 Å². The monoisotopic (exact) mass is 409 g/mol. The molecule has 6 heteroatoms. The zero-order valence-corrected chi connectivity index (χ0v) is 18.0. The van der Waals surface area contributed by atoms with Crippen LogP contribution in [0.5, 0.6) is 5.75 Å². The quantitative estimate of drug-likeness (QED) is 0.736. The summed E-state index contributed by atoms with van der Waals surface area (Å²) in [4.78, 5) is 27.1. The molecule has 0 radical (unpaired) electrons. The maximum atomic E-state index is 12.6. The largest absolute Gasteiger partial charge is 0.496 e. The number of hydrogen-bond donors (Lipinski definition) is 2. The fourth-order valence-corrected chi connectivity index (χ4v) is 3.88. The highest BCUT2D eigenvalue weighted by Gasteiger charge is 2.26. The van der Waals surface area contributed by atoms with Crippen LogP contribution >= 0.6 is 0 Å². The Morgan fingerprint density at radius 2 is 1.83 bits per heavy atom. The van der Waals surface area contributed by atoms with Gasteiger partial charge in [-0.3, -0.25) is 14.5 Å². The van der Waals surface area contributed by atoms with Gasteiger partial charge >= 0.3 is 0 Å². The molecule has 2 amide bonds. The fourth-order valence-electron chi connectivity index (χ4n) is 3.88. The third-order valence-electron chi connectivity index (χ3n) is 5.63. The molecule has 1 fully saturated rings. The number of aryl methyl sites for hydroxylation is 2. The number of hydrogen-bond acceptors (Lipinski definition) is 4. The van der Waals surface area contributed by atoms with E-state index in [-0.39, 0.29) is 17.7 Å². The van der Waals surface area contributed by atoms with E-state index in [4.69, 9.17) is 4.74 Å². The molecule has 0 spiro atoms. The Morgan fingerprint density at radius 1 is 1.10 bits per heavy atom. The zero-order chi connectivity index (χ0) is 21.5. The van der Waals surface area contributed by atoms with Crippen LogP contribution in [0.25, 0.3) is 0 Å². The molecule has 1 aliphatic heterocycles. The van der Waals surface area contributed by atoms with Crippen molar-refractivity contribution in [3.05, 3.63) is 59.2 Å². The number of methoxy groups -OCH3 is 1. The summed E-state index contributed by atoms with van der Waals surface area (Å²) in [5.41, 5.74) is 4.07. The van der Waals surface area contributed by atoms with Crippen LogP contribution in [-0.2, 0) is 16.1 Å². The summed E-state index contributed by atoms with van der Waals surface area (Å²) in [6.45, 7) is 6.33. The van der Waals surface area contributed by atoms with E-state index in [2.05, 4.69) is 21.6 Å². The first kappa shape index (κ1) is 21.8. The lowest BCUT2D eigenvalue weighted by molar-refractivity contribution is -0.126. The minimum absolute atomic E-state index is 0.0129. The fraction of sp³-hybridized carbons (Fsp3) is 0.417. The molecule has 0 aromatic heterocycles. The van der Waals surface area contributed by atoms with Gasteiger partial charge in [0.1, 0.15) is 5.75 Å². The number of likely N-dealkylation sites (tertiary alicyclic amines) is 1. The van der Waals surface area contributed by atoms with Crippen molar-refractivity contribution in [1.82, 2.24) is 10.2 Å². The van der Waals surface area contributed by atoms with E-state index in [1.807, 2.05) is 50.2 Å². The van der Waals surface area contributed by atoms with Crippen LogP contribution in [0.15, 0.2) is 42.5 Å². The summed E-state index contributed by atoms with van der Waals surface area (Å²) in [6, 6.07) is 13.7. The Hall–Kier alpha value is -2.86. The molecule has 2 aromatic rings. The van der Waals surface area contributed by atoms with Crippen molar-refractivity contribution in [1.29, 1.82) is 0 Å². The lowest BCUT2D eigenvalue weighted by Crippen LogP contribution is -2.43. The van der Waals surface area contributed by atoms with E-state index < -0.39 is 0 Å². The van der Waals surface area contributed by atoms with Crippen LogP contribution in [0.3, 0.4) is 0 Å². The van der Waals surface area contributed by atoms with Crippen molar-refractivity contribution in [2.45, 2.75) is 33.2 Å². The maximum absolute atomic E-state index is 12.6. The average Bonchev–Trinajstić information content (AvgIpc) is 2.74. The predicted octanol–water partition coefficient (Wildman–Crippen LogP) is 3.28. The minimum atomic E-state index is -0.0154. The van der Waals surface area contributed by atoms with Crippen molar-refractivity contribution < 1.29 is 14.3 Å². The molecule has 2 N–H and O–H groups in total. The van der Waals surface area contributed by atoms with Crippen LogP contribution in [0.2, 0.25) is 0 Å². The van der Waals surface area contributed by atoms with Gasteiger partial charge in [-0.25, -0.2) is 0 Å². The van der Waals surface area contributed by atoms with Gasteiger partial charge in [-0.2, -0.15) is 0 Å². The number of piperidine rings is 1. The van der Waals surface area contributed by atoms with Gasteiger partial charge in [0.05, 0.1) is 13.7 Å². The number of amides is 2. The third kappa shape index (κ3) is 5.83. The lowest BCUT2D eigenvalue weighted by Gasteiger charge is -2.30. The van der Waals surface area contributed by atoms with E-state index in [1.165, 1.54) is 5.56 Å². The number of carbonyl (C=O) groups excluding carboxylic acids is 2. The second-order valence-electron chi connectivity index (χ2n) is 7.95. The molecule has 1 heterocycles. The summed E-state index contributed by atoms with van der Waals surface area (Å²) >= 11 is 0. The zero-order valence-electron chi connectivity index (χ0n) is 18.0. The Kier molecular flexibility index (Phi) is 7.46. The van der Waals surface area contributed by atoms with Gasteiger partial charge in [-0.15, -0.1) is 0 Å². The van der Waals surface area contributed by atoms with E-state index in [9.17, 15) is 9.59 Å². The van der Waals surface area contributed by atoms with Crippen molar-refractivity contribution in [2.75, 3.05) is 32.1 Å². The predicted molar refractivity (Wildman–Crippen MR) is 119 cm³/mol. The number of nitrogens with one attached hydrogen (secondary N) is 2. The summed E-state index contributed by atoms with van der Waals surface area (Å²) in [5, 5.41) is 6.02. The van der Waals surface area contributed by atoms with E-state index >= 15 is 0 Å². The van der Waals surface area contributed by atoms with Crippen LogP contribution in [0, 0.1) is 19.8 Å². The van der Waals surface area contributed by atoms with Gasteiger partial charge in [-0.1, -0.05) is 35.9 Å². The molecule has 1 aliphatic rings. The number of para-hydroxylation sites is 1. The van der Waals surface area contributed by atoms with Gasteiger partial charge in [0.2, 0.25) is 11.8 Å². The first-order valence-electron chi connectivity index (χ1n) is 10.5. The average molecular weight is 410 g/mol. The van der Waals surface area contributed by atoms with E-state index in [1.54, 1.807) is 7.11 Å².